The molecular weight excluding hydrogens is 440 g/mol. The highest BCUT2D eigenvalue weighted by atomic mass is 79.9. The lowest BCUT2D eigenvalue weighted by Gasteiger charge is -2.36. The highest BCUT2D eigenvalue weighted by molar-refractivity contribution is 9.10. The van der Waals surface area contributed by atoms with Crippen molar-refractivity contribution in [2.45, 2.75) is 57.0 Å². The second-order valence-corrected chi connectivity index (χ2v) is 9.58. The summed E-state index contributed by atoms with van der Waals surface area (Å²) >= 11 is 3.50. The third kappa shape index (κ3) is 4.79. The van der Waals surface area contributed by atoms with E-state index in [1.54, 1.807) is 0 Å². The Morgan fingerprint density at radius 2 is 1.80 bits per heavy atom. The van der Waals surface area contributed by atoms with Crippen molar-refractivity contribution in [3.63, 3.8) is 0 Å². The minimum absolute atomic E-state index is 0.0607. The van der Waals surface area contributed by atoms with E-state index in [4.69, 9.17) is 4.74 Å². The van der Waals surface area contributed by atoms with Crippen molar-refractivity contribution in [1.29, 1.82) is 0 Å². The van der Waals surface area contributed by atoms with Crippen molar-refractivity contribution in [2.75, 3.05) is 25.1 Å². The summed E-state index contributed by atoms with van der Waals surface area (Å²) in [5, 5.41) is 3.19. The third-order valence-corrected chi connectivity index (χ3v) is 7.24. The minimum Gasteiger partial charge on any atom is -0.381 e. The molecule has 2 aliphatic heterocycles. The van der Waals surface area contributed by atoms with Crippen LogP contribution in [0.1, 0.15) is 50.2 Å². The van der Waals surface area contributed by atoms with Gasteiger partial charge in [0.1, 0.15) is 0 Å². The van der Waals surface area contributed by atoms with Gasteiger partial charge in [-0.2, -0.15) is 0 Å². The van der Waals surface area contributed by atoms with Gasteiger partial charge in [0.15, 0.2) is 0 Å². The van der Waals surface area contributed by atoms with Crippen LogP contribution < -0.4 is 5.32 Å². The van der Waals surface area contributed by atoms with Gasteiger partial charge in [-0.3, -0.25) is 9.69 Å². The van der Waals surface area contributed by atoms with E-state index in [-0.39, 0.29) is 5.91 Å². The number of nitrogens with zero attached hydrogens (tertiary/aromatic N) is 1. The van der Waals surface area contributed by atoms with Crippen LogP contribution >= 0.6 is 15.9 Å². The fourth-order valence-corrected chi connectivity index (χ4v) is 4.97. The van der Waals surface area contributed by atoms with Crippen molar-refractivity contribution < 1.29 is 9.53 Å². The highest BCUT2D eigenvalue weighted by Gasteiger charge is 2.41. The van der Waals surface area contributed by atoms with Gasteiger partial charge in [-0.05, 0) is 74.5 Å². The number of nitrogens with one attached hydrogen (secondary N) is 1. The van der Waals surface area contributed by atoms with Crippen molar-refractivity contribution in [1.82, 2.24) is 4.90 Å². The number of hydrogen-bond acceptors (Lipinski definition) is 3. The zero-order chi connectivity index (χ0) is 21.0. The first-order chi connectivity index (χ1) is 14.6. The first kappa shape index (κ1) is 21.5. The van der Waals surface area contributed by atoms with Crippen molar-refractivity contribution in [2.24, 2.45) is 0 Å². The van der Waals surface area contributed by atoms with E-state index in [1.807, 2.05) is 24.3 Å². The molecular formula is C25H31BrN2O2. The molecule has 0 aliphatic carbocycles. The molecule has 0 spiro atoms. The lowest BCUT2D eigenvalue weighted by molar-refractivity contribution is -0.125. The lowest BCUT2D eigenvalue weighted by Crippen LogP contribution is -2.44. The summed E-state index contributed by atoms with van der Waals surface area (Å²) in [6.45, 7) is 5.70. The van der Waals surface area contributed by atoms with Crippen LogP contribution in [0.2, 0.25) is 0 Å². The molecule has 30 heavy (non-hydrogen) atoms. The second-order valence-electron chi connectivity index (χ2n) is 8.67. The van der Waals surface area contributed by atoms with E-state index in [2.05, 4.69) is 57.3 Å². The van der Waals surface area contributed by atoms with E-state index in [0.29, 0.717) is 32.1 Å². The molecule has 0 saturated carbocycles. The predicted molar refractivity (Wildman–Crippen MR) is 125 cm³/mol. The maximum Gasteiger partial charge on any atom is 0.235 e. The first-order valence-electron chi connectivity index (χ1n) is 11.1. The quantitative estimate of drug-likeness (QED) is 0.625. The molecule has 2 aliphatic rings. The van der Waals surface area contributed by atoms with Crippen LogP contribution in [0, 0.1) is 0 Å². The number of amides is 1. The third-order valence-electron chi connectivity index (χ3n) is 6.72. The Morgan fingerprint density at radius 3 is 2.47 bits per heavy atom. The molecule has 1 amide bonds. The molecule has 0 bridgehead atoms. The molecule has 1 atom stereocenters. The summed E-state index contributed by atoms with van der Waals surface area (Å²) in [7, 11) is 0. The fraction of sp³-hybridized carbons (Fsp3) is 0.480. The summed E-state index contributed by atoms with van der Waals surface area (Å²) in [6.07, 6.45) is 5.32. The molecule has 2 saturated heterocycles. The Balaban J connectivity index is 1.46. The average Bonchev–Trinajstić information content (AvgIpc) is 2.77. The summed E-state index contributed by atoms with van der Waals surface area (Å²) in [5.74, 6) is 0.0607. The molecule has 4 rings (SSSR count). The van der Waals surface area contributed by atoms with Gasteiger partial charge in [-0.15, -0.1) is 0 Å². The smallest absolute Gasteiger partial charge is 0.235 e. The fourth-order valence-electron chi connectivity index (χ4n) is 4.71. The molecule has 2 aromatic carbocycles. The van der Waals surface area contributed by atoms with E-state index >= 15 is 0 Å². The standard InChI is InChI=1S/C25H31BrN2O2/c1-19-4-2-3-15-28(19)18-20-5-11-23(12-6-20)27-24(29)25(13-16-30-17-14-25)21-7-9-22(26)10-8-21/h5-12,19H,2-4,13-18H2,1H3,(H,27,29). The highest BCUT2D eigenvalue weighted by Crippen LogP contribution is 2.36. The van der Waals surface area contributed by atoms with Crippen LogP contribution in [0.25, 0.3) is 0 Å². The Hall–Kier alpha value is -1.69. The Bertz CT molecular complexity index is 844. The van der Waals surface area contributed by atoms with E-state index < -0.39 is 5.41 Å². The van der Waals surface area contributed by atoms with Crippen molar-refractivity contribution >= 4 is 27.5 Å². The van der Waals surface area contributed by atoms with Crippen LogP contribution in [0.5, 0.6) is 0 Å². The zero-order valence-corrected chi connectivity index (χ0v) is 19.3. The van der Waals surface area contributed by atoms with Gasteiger partial charge in [0.25, 0.3) is 0 Å². The molecule has 0 aromatic heterocycles. The van der Waals surface area contributed by atoms with Gasteiger partial charge in [0.05, 0.1) is 5.41 Å². The van der Waals surface area contributed by atoms with E-state index in [1.165, 1.54) is 31.4 Å². The number of carbonyl (C=O) groups excluding carboxylic acids is 1. The van der Waals surface area contributed by atoms with Gasteiger partial charge in [0.2, 0.25) is 5.91 Å². The van der Waals surface area contributed by atoms with Gasteiger partial charge in [-0.1, -0.05) is 46.6 Å². The number of benzene rings is 2. The number of carbonyl (C=O) groups is 1. The van der Waals surface area contributed by atoms with Crippen LogP contribution in [0.15, 0.2) is 53.0 Å². The minimum atomic E-state index is -0.541. The van der Waals surface area contributed by atoms with E-state index in [0.717, 1.165) is 22.3 Å². The Labute approximate surface area is 188 Å². The molecule has 0 radical (unpaired) electrons. The predicted octanol–water partition coefficient (Wildman–Crippen LogP) is 5.51. The maximum atomic E-state index is 13.4. The monoisotopic (exact) mass is 470 g/mol. The maximum absolute atomic E-state index is 13.4. The number of likely N-dealkylation sites (tertiary alicyclic amines) is 1. The van der Waals surface area contributed by atoms with Gasteiger partial charge in [-0.25, -0.2) is 0 Å². The van der Waals surface area contributed by atoms with Crippen LogP contribution in [-0.2, 0) is 21.5 Å². The average molecular weight is 471 g/mol. The number of hydrogen-bond donors (Lipinski definition) is 1. The largest absolute Gasteiger partial charge is 0.381 e. The second kappa shape index (κ2) is 9.63. The van der Waals surface area contributed by atoms with Gasteiger partial charge < -0.3 is 10.1 Å². The number of halogens is 1. The molecule has 2 aromatic rings. The first-order valence-corrected chi connectivity index (χ1v) is 11.8. The van der Waals surface area contributed by atoms with Crippen molar-refractivity contribution in [3.8, 4) is 0 Å². The number of anilines is 1. The summed E-state index contributed by atoms with van der Waals surface area (Å²) < 4.78 is 6.59. The lowest BCUT2D eigenvalue weighted by atomic mass is 9.73. The molecule has 2 heterocycles. The summed E-state index contributed by atoms with van der Waals surface area (Å²) in [6, 6.07) is 17.1. The molecule has 160 valence electrons. The number of piperidine rings is 1. The Morgan fingerprint density at radius 1 is 1.10 bits per heavy atom. The topological polar surface area (TPSA) is 41.6 Å². The molecule has 1 N–H and O–H groups in total. The van der Waals surface area contributed by atoms with E-state index in [9.17, 15) is 4.79 Å². The van der Waals surface area contributed by atoms with Crippen LogP contribution in [-0.4, -0.2) is 36.6 Å². The summed E-state index contributed by atoms with van der Waals surface area (Å²) in [4.78, 5) is 16.0. The van der Waals surface area contributed by atoms with Crippen molar-refractivity contribution in [3.05, 3.63) is 64.1 Å². The zero-order valence-electron chi connectivity index (χ0n) is 17.7. The van der Waals surface area contributed by atoms with Crippen LogP contribution in [0.4, 0.5) is 5.69 Å². The molecule has 5 heteroatoms. The SMILES string of the molecule is CC1CCCCN1Cc1ccc(NC(=O)C2(c3ccc(Br)cc3)CCOCC2)cc1. The normalized spacial score (nSPS) is 21.9. The summed E-state index contributed by atoms with van der Waals surface area (Å²) in [5.41, 5.74) is 2.68. The number of rotatable bonds is 5. The molecule has 2 fully saturated rings. The Kier molecular flexibility index (Phi) is 6.91. The van der Waals surface area contributed by atoms with Gasteiger partial charge in [0, 0.05) is 36.0 Å². The van der Waals surface area contributed by atoms with Gasteiger partial charge >= 0.3 is 0 Å². The molecule has 4 nitrogen and oxygen atoms in total. The van der Waals surface area contributed by atoms with Crippen LogP contribution in [0.3, 0.4) is 0 Å². The number of ether oxygens (including phenoxy) is 1. The molecule has 1 unspecified atom stereocenters.